The molecule has 0 heterocycles. The van der Waals surface area contributed by atoms with Gasteiger partial charge in [0, 0.05) is 0 Å². The van der Waals surface area contributed by atoms with E-state index in [0.29, 0.717) is 0 Å². The lowest BCUT2D eigenvalue weighted by atomic mass is 10.3. The van der Waals surface area contributed by atoms with E-state index in [1.807, 2.05) is 11.7 Å². The highest BCUT2D eigenvalue weighted by molar-refractivity contribution is 4.63. The molecular weight excluding hydrogens is 74.1 g/mol. The minimum atomic E-state index is 1.06. The Hall–Kier alpha value is -0.170. The molecule has 0 aliphatic heterocycles. The van der Waals surface area contributed by atoms with Crippen molar-refractivity contribution in [1.82, 2.24) is 0 Å². The van der Waals surface area contributed by atoms with E-state index < -0.39 is 0 Å². The smallest absolute Gasteiger partial charge is 0.104 e. The molecule has 0 saturated heterocycles. The molecule has 0 fully saturated rings. The second-order valence-electron chi connectivity index (χ2n) is 1.15. The van der Waals surface area contributed by atoms with Gasteiger partial charge in [0.05, 0.1) is 6.54 Å². The molecule has 0 unspecified atom stereocenters. The molecule has 1 heteroatoms. The molecule has 0 bridgehead atoms. The Morgan fingerprint density at radius 3 is 2.50 bits per heavy atom. The molecule has 36 valence electrons. The Kier molecular flexibility index (Phi) is 4.69. The molecule has 0 aromatic carbocycles. The Labute approximate surface area is 39.7 Å². The van der Waals surface area contributed by atoms with Crippen LogP contribution in [0.1, 0.15) is 6.42 Å². The van der Waals surface area contributed by atoms with Gasteiger partial charge in [-0.2, -0.15) is 7.05 Å². The Bertz CT molecular complexity index is 15.9. The standard InChI is InChI=1S/C5H11N/c1-3-4-5-6-2/h3H,1-2,4-6H2. The monoisotopic (exact) mass is 85.1 g/mol. The summed E-state index contributed by atoms with van der Waals surface area (Å²) in [5.41, 5.74) is 0. The second kappa shape index (κ2) is 4.83. The Morgan fingerprint density at radius 1 is 1.67 bits per heavy atom. The number of rotatable bonds is 3. The van der Waals surface area contributed by atoms with Crippen molar-refractivity contribution in [3.05, 3.63) is 20.4 Å². The van der Waals surface area contributed by atoms with E-state index in [-0.39, 0.29) is 0 Å². The van der Waals surface area contributed by atoms with Gasteiger partial charge in [0.2, 0.25) is 0 Å². The van der Waals surface area contributed by atoms with E-state index in [0.717, 1.165) is 13.0 Å². The van der Waals surface area contributed by atoms with Crippen LogP contribution in [0.25, 0.3) is 0 Å². The van der Waals surface area contributed by atoms with Gasteiger partial charge < -0.3 is 5.32 Å². The number of hydrogen-bond acceptors (Lipinski definition) is 0. The molecule has 1 nitrogen and oxygen atoms in total. The van der Waals surface area contributed by atoms with Crippen molar-refractivity contribution in [2.24, 2.45) is 0 Å². The number of quaternary nitrogens is 1. The van der Waals surface area contributed by atoms with E-state index in [1.54, 1.807) is 0 Å². The van der Waals surface area contributed by atoms with Crippen LogP contribution in [0, 0.1) is 20.4 Å². The molecule has 0 aliphatic rings. The highest BCUT2D eigenvalue weighted by atomic mass is 14.8. The highest BCUT2D eigenvalue weighted by Crippen LogP contribution is 1.73. The zero-order chi connectivity index (χ0) is 4.83. The third-order valence-electron chi connectivity index (χ3n) is 0.575. The Balaban J connectivity index is 2.34. The fourth-order valence-corrected chi connectivity index (χ4v) is 0.236. The van der Waals surface area contributed by atoms with Crippen molar-refractivity contribution < 1.29 is 5.32 Å². The van der Waals surface area contributed by atoms with E-state index in [4.69, 9.17) is 0 Å². The highest BCUT2D eigenvalue weighted by Gasteiger charge is 1.77. The molecule has 0 radical (unpaired) electrons. The summed E-state index contributed by atoms with van der Waals surface area (Å²) in [6.45, 7) is 4.61. The largest absolute Gasteiger partial charge is 0.475 e. The van der Waals surface area contributed by atoms with Crippen LogP contribution in [0.15, 0.2) is 0 Å². The van der Waals surface area contributed by atoms with E-state index in [1.165, 1.54) is 0 Å². The van der Waals surface area contributed by atoms with Gasteiger partial charge in [-0.25, -0.2) is 0 Å². The summed E-state index contributed by atoms with van der Waals surface area (Å²) in [7, 11) is 3.55. The molecule has 2 N–H and O–H groups in total. The molecule has 0 aliphatic carbocycles. The molecule has 6 heavy (non-hydrogen) atoms. The average molecular weight is 85.1 g/mol. The van der Waals surface area contributed by atoms with Crippen LogP contribution < -0.4 is 5.32 Å². The van der Waals surface area contributed by atoms with Crippen molar-refractivity contribution in [2.45, 2.75) is 6.42 Å². The third-order valence-corrected chi connectivity index (χ3v) is 0.575. The normalized spacial score (nSPS) is 8.33. The van der Waals surface area contributed by atoms with E-state index in [2.05, 4.69) is 14.0 Å². The van der Waals surface area contributed by atoms with Crippen molar-refractivity contribution in [3.63, 3.8) is 0 Å². The first-order chi connectivity index (χ1) is 2.91. The summed E-state index contributed by atoms with van der Waals surface area (Å²) in [4.78, 5) is 0. The molecule has 0 amide bonds. The van der Waals surface area contributed by atoms with Gasteiger partial charge in [-0.15, -0.1) is 6.92 Å². The van der Waals surface area contributed by atoms with Crippen LogP contribution in [-0.4, -0.2) is 6.54 Å². The summed E-state index contributed by atoms with van der Waals surface area (Å²) >= 11 is 0. The summed E-state index contributed by atoms with van der Waals surface area (Å²) < 4.78 is 0. The zero-order valence-electron chi connectivity index (χ0n) is 3.98. The summed E-state index contributed by atoms with van der Waals surface area (Å²) in [5, 5.41) is 1.89. The fraction of sp³-hybridized carbons (Fsp3) is 0.400. The molecule has 0 aromatic heterocycles. The van der Waals surface area contributed by atoms with Gasteiger partial charge in [0.25, 0.3) is 0 Å². The second-order valence-corrected chi connectivity index (χ2v) is 1.15. The molecule has 0 spiro atoms. The number of nitrogens with two attached hydrogens (primary N) is 1. The fourth-order valence-electron chi connectivity index (χ4n) is 0.236. The van der Waals surface area contributed by atoms with E-state index >= 15 is 0 Å². The lowest BCUT2D eigenvalue weighted by Gasteiger charge is -1.90. The van der Waals surface area contributed by atoms with Gasteiger partial charge in [-0.3, -0.25) is 0 Å². The predicted octanol–water partition coefficient (Wildman–Crippen LogP) is -0.230. The van der Waals surface area contributed by atoms with Gasteiger partial charge >= 0.3 is 0 Å². The van der Waals surface area contributed by atoms with Crippen LogP contribution in [0.4, 0.5) is 0 Å². The lowest BCUT2D eigenvalue weighted by molar-refractivity contribution is -0.594. The summed E-state index contributed by atoms with van der Waals surface area (Å²) in [5.74, 6) is 0. The topological polar surface area (TPSA) is 16.6 Å². The van der Waals surface area contributed by atoms with Crippen molar-refractivity contribution in [1.29, 1.82) is 0 Å². The Morgan fingerprint density at radius 2 is 2.33 bits per heavy atom. The SMILES string of the molecule is [CH2-][CH+]CC[NH2+][CH2-]. The predicted molar refractivity (Wildman–Crippen MR) is 26.4 cm³/mol. The van der Waals surface area contributed by atoms with Crippen molar-refractivity contribution in [3.8, 4) is 0 Å². The molecule has 0 aromatic rings. The van der Waals surface area contributed by atoms with Gasteiger partial charge in [-0.05, 0) is 0 Å². The number of unbranched alkanes of at least 4 members (excludes halogenated alkanes) is 1. The minimum absolute atomic E-state index is 1.06. The quantitative estimate of drug-likeness (QED) is 0.360. The first-order valence-corrected chi connectivity index (χ1v) is 2.13. The lowest BCUT2D eigenvalue weighted by Crippen LogP contribution is -2.76. The van der Waals surface area contributed by atoms with Crippen molar-refractivity contribution in [2.75, 3.05) is 6.54 Å². The first kappa shape index (κ1) is 5.83. The van der Waals surface area contributed by atoms with Crippen molar-refractivity contribution >= 4 is 0 Å². The van der Waals surface area contributed by atoms with Gasteiger partial charge in [-0.1, -0.05) is 6.42 Å². The third kappa shape index (κ3) is 3.83. The maximum Gasteiger partial charge on any atom is 0.104 e. The summed E-state index contributed by atoms with van der Waals surface area (Å²) in [6, 6.07) is 0. The molecular formula is C5H11N. The average Bonchev–Trinajstić information content (AvgIpc) is 1.61. The van der Waals surface area contributed by atoms with Crippen LogP contribution in [-0.2, 0) is 0 Å². The number of hydrogen-bond donors (Lipinski definition) is 1. The van der Waals surface area contributed by atoms with Crippen LogP contribution in [0.3, 0.4) is 0 Å². The minimum Gasteiger partial charge on any atom is -0.475 e. The van der Waals surface area contributed by atoms with E-state index in [9.17, 15) is 0 Å². The molecule has 0 atom stereocenters. The molecule has 0 rings (SSSR count). The zero-order valence-corrected chi connectivity index (χ0v) is 3.98. The van der Waals surface area contributed by atoms with Gasteiger partial charge in [0.1, 0.15) is 6.42 Å². The maximum absolute atomic E-state index is 3.55. The van der Waals surface area contributed by atoms with Crippen LogP contribution >= 0.6 is 0 Å². The summed E-state index contributed by atoms with van der Waals surface area (Å²) in [6.07, 6.45) is 2.95. The first-order valence-electron chi connectivity index (χ1n) is 2.13. The van der Waals surface area contributed by atoms with Gasteiger partial charge in [0.15, 0.2) is 0 Å². The maximum atomic E-state index is 3.55. The molecule has 0 saturated carbocycles. The van der Waals surface area contributed by atoms with Crippen LogP contribution in [0.2, 0.25) is 0 Å². The van der Waals surface area contributed by atoms with Crippen LogP contribution in [0.5, 0.6) is 0 Å².